The van der Waals surface area contributed by atoms with Crippen molar-refractivity contribution in [1.29, 1.82) is 0 Å². The van der Waals surface area contributed by atoms with Crippen LogP contribution in [0.25, 0.3) is 0 Å². The zero-order valence-electron chi connectivity index (χ0n) is 18.8. The van der Waals surface area contributed by atoms with Crippen molar-refractivity contribution in [2.45, 2.75) is 91.4 Å². The van der Waals surface area contributed by atoms with E-state index in [-0.39, 0.29) is 23.7 Å². The lowest BCUT2D eigenvalue weighted by Gasteiger charge is -2.41. The third-order valence-electron chi connectivity index (χ3n) is 5.68. The van der Waals surface area contributed by atoms with E-state index in [0.717, 1.165) is 38.2 Å². The van der Waals surface area contributed by atoms with Crippen LogP contribution in [0, 0.1) is 5.92 Å². The zero-order chi connectivity index (χ0) is 20.9. The molecule has 158 valence electrons. The number of nitrogens with zero attached hydrogens (tertiary/aromatic N) is 1. The standard InChI is InChI=1S/C24H39NO3/c1-17(2)23(20-8-10-22(11-9-20)28-18(3)4)12-14-25(19(5)26)21-13-15-27-24(6,7)16-21/h8-11,17-18,21,23H,12-16H2,1-7H3/t21-,23-/m1/s1. The number of ether oxygens (including phenoxy) is 2. The molecule has 4 heteroatoms. The Morgan fingerprint density at radius 2 is 1.86 bits per heavy atom. The van der Waals surface area contributed by atoms with Crippen molar-refractivity contribution in [2.24, 2.45) is 5.92 Å². The van der Waals surface area contributed by atoms with Gasteiger partial charge in [0.15, 0.2) is 0 Å². The van der Waals surface area contributed by atoms with E-state index in [0.29, 0.717) is 11.8 Å². The van der Waals surface area contributed by atoms with Crippen LogP contribution in [0.5, 0.6) is 5.75 Å². The number of carbonyl (C=O) groups is 1. The fourth-order valence-corrected chi connectivity index (χ4v) is 4.29. The van der Waals surface area contributed by atoms with Gasteiger partial charge < -0.3 is 14.4 Å². The molecule has 1 aliphatic rings. The van der Waals surface area contributed by atoms with Gasteiger partial charge in [0.05, 0.1) is 11.7 Å². The Labute approximate surface area is 171 Å². The molecule has 0 aliphatic carbocycles. The molecule has 0 saturated carbocycles. The maximum absolute atomic E-state index is 12.4. The van der Waals surface area contributed by atoms with Gasteiger partial charge in [-0.05, 0) is 76.5 Å². The Balaban J connectivity index is 2.07. The number of benzene rings is 1. The third-order valence-corrected chi connectivity index (χ3v) is 5.68. The number of hydrogen-bond donors (Lipinski definition) is 0. The highest BCUT2D eigenvalue weighted by atomic mass is 16.5. The molecule has 28 heavy (non-hydrogen) atoms. The van der Waals surface area contributed by atoms with Crippen LogP contribution in [0.15, 0.2) is 24.3 Å². The summed E-state index contributed by atoms with van der Waals surface area (Å²) in [6, 6.07) is 8.76. The van der Waals surface area contributed by atoms with Crippen LogP contribution >= 0.6 is 0 Å². The summed E-state index contributed by atoms with van der Waals surface area (Å²) in [6.45, 7) is 16.1. The van der Waals surface area contributed by atoms with Gasteiger partial charge in [-0.3, -0.25) is 4.79 Å². The van der Waals surface area contributed by atoms with Gasteiger partial charge in [-0.2, -0.15) is 0 Å². The topological polar surface area (TPSA) is 38.8 Å². The summed E-state index contributed by atoms with van der Waals surface area (Å²) in [5, 5.41) is 0. The van der Waals surface area contributed by atoms with Crippen LogP contribution in [-0.2, 0) is 9.53 Å². The Bertz CT molecular complexity index is 621. The molecule has 2 rings (SSSR count). The van der Waals surface area contributed by atoms with E-state index >= 15 is 0 Å². The number of amides is 1. The fraction of sp³-hybridized carbons (Fsp3) is 0.708. The minimum Gasteiger partial charge on any atom is -0.491 e. The van der Waals surface area contributed by atoms with Gasteiger partial charge in [0.1, 0.15) is 5.75 Å². The van der Waals surface area contributed by atoms with Crippen LogP contribution in [0.3, 0.4) is 0 Å². The number of carbonyl (C=O) groups excluding carboxylic acids is 1. The predicted molar refractivity (Wildman–Crippen MR) is 115 cm³/mol. The number of hydrogen-bond acceptors (Lipinski definition) is 3. The van der Waals surface area contributed by atoms with Gasteiger partial charge in [-0.25, -0.2) is 0 Å². The second-order valence-corrected chi connectivity index (χ2v) is 9.34. The van der Waals surface area contributed by atoms with E-state index in [2.05, 4.69) is 56.9 Å². The molecule has 0 unspecified atom stereocenters. The molecule has 1 aliphatic heterocycles. The summed E-state index contributed by atoms with van der Waals surface area (Å²) in [5.41, 5.74) is 1.17. The molecule has 0 spiro atoms. The van der Waals surface area contributed by atoms with Crippen molar-refractivity contribution in [3.63, 3.8) is 0 Å². The normalized spacial score (nSPS) is 20.2. The second-order valence-electron chi connectivity index (χ2n) is 9.34. The van der Waals surface area contributed by atoms with Crippen molar-refractivity contribution < 1.29 is 14.3 Å². The van der Waals surface area contributed by atoms with Gasteiger partial charge in [-0.15, -0.1) is 0 Å². The van der Waals surface area contributed by atoms with Crippen molar-refractivity contribution >= 4 is 5.91 Å². The molecule has 1 aromatic carbocycles. The van der Waals surface area contributed by atoms with Crippen LogP contribution in [0.2, 0.25) is 0 Å². The first-order valence-corrected chi connectivity index (χ1v) is 10.8. The quantitative estimate of drug-likeness (QED) is 0.597. The van der Waals surface area contributed by atoms with Crippen LogP contribution in [0.4, 0.5) is 0 Å². The minimum absolute atomic E-state index is 0.152. The molecule has 1 heterocycles. The van der Waals surface area contributed by atoms with E-state index in [1.165, 1.54) is 5.56 Å². The van der Waals surface area contributed by atoms with Crippen LogP contribution in [-0.4, -0.2) is 41.7 Å². The molecule has 4 nitrogen and oxygen atoms in total. The van der Waals surface area contributed by atoms with E-state index in [1.54, 1.807) is 6.92 Å². The predicted octanol–water partition coefficient (Wildman–Crippen LogP) is 5.41. The lowest BCUT2D eigenvalue weighted by Crippen LogP contribution is -2.48. The summed E-state index contributed by atoms with van der Waals surface area (Å²) < 4.78 is 11.6. The van der Waals surface area contributed by atoms with E-state index < -0.39 is 0 Å². The SMILES string of the molecule is CC(=O)N(CC[C@@H](c1ccc(OC(C)C)cc1)C(C)C)[C@@H]1CCOC(C)(C)C1. The molecule has 0 N–H and O–H groups in total. The maximum Gasteiger partial charge on any atom is 0.219 e. The highest BCUT2D eigenvalue weighted by Gasteiger charge is 2.33. The first-order chi connectivity index (χ1) is 13.1. The number of rotatable bonds is 8. The largest absolute Gasteiger partial charge is 0.491 e. The summed E-state index contributed by atoms with van der Waals surface area (Å²) in [6.07, 6.45) is 2.98. The molecular weight excluding hydrogens is 350 g/mol. The molecule has 2 atom stereocenters. The highest BCUT2D eigenvalue weighted by molar-refractivity contribution is 5.73. The second kappa shape index (κ2) is 9.78. The Hall–Kier alpha value is -1.55. The average molecular weight is 390 g/mol. The van der Waals surface area contributed by atoms with Crippen molar-refractivity contribution in [3.8, 4) is 5.75 Å². The summed E-state index contributed by atoms with van der Waals surface area (Å²) in [4.78, 5) is 14.5. The molecule has 1 saturated heterocycles. The van der Waals surface area contributed by atoms with Crippen LogP contribution in [0.1, 0.15) is 79.2 Å². The first kappa shape index (κ1) is 22.7. The highest BCUT2D eigenvalue weighted by Crippen LogP contribution is 2.32. The van der Waals surface area contributed by atoms with E-state index in [4.69, 9.17) is 9.47 Å². The van der Waals surface area contributed by atoms with Crippen molar-refractivity contribution in [2.75, 3.05) is 13.2 Å². The molecule has 0 radical (unpaired) electrons. The van der Waals surface area contributed by atoms with Gasteiger partial charge in [0.2, 0.25) is 5.91 Å². The van der Waals surface area contributed by atoms with Crippen molar-refractivity contribution in [3.05, 3.63) is 29.8 Å². The minimum atomic E-state index is -0.152. The smallest absolute Gasteiger partial charge is 0.219 e. The Kier molecular flexibility index (Phi) is 7.94. The van der Waals surface area contributed by atoms with Crippen LogP contribution < -0.4 is 4.74 Å². The summed E-state index contributed by atoms with van der Waals surface area (Å²) in [5.74, 6) is 2.02. The molecule has 0 aromatic heterocycles. The lowest BCUT2D eigenvalue weighted by atomic mass is 9.85. The average Bonchev–Trinajstić information content (AvgIpc) is 2.57. The fourth-order valence-electron chi connectivity index (χ4n) is 4.29. The Morgan fingerprint density at radius 1 is 1.21 bits per heavy atom. The molecule has 1 aromatic rings. The third kappa shape index (κ3) is 6.51. The van der Waals surface area contributed by atoms with Gasteiger partial charge in [0, 0.05) is 26.1 Å². The monoisotopic (exact) mass is 389 g/mol. The van der Waals surface area contributed by atoms with Gasteiger partial charge >= 0.3 is 0 Å². The van der Waals surface area contributed by atoms with E-state index in [9.17, 15) is 4.79 Å². The zero-order valence-corrected chi connectivity index (χ0v) is 18.8. The molecular formula is C24H39NO3. The van der Waals surface area contributed by atoms with Crippen molar-refractivity contribution in [1.82, 2.24) is 4.90 Å². The van der Waals surface area contributed by atoms with E-state index in [1.807, 2.05) is 13.8 Å². The first-order valence-electron chi connectivity index (χ1n) is 10.8. The molecule has 0 bridgehead atoms. The summed E-state index contributed by atoms with van der Waals surface area (Å²) >= 11 is 0. The Morgan fingerprint density at radius 3 is 2.36 bits per heavy atom. The molecule has 1 amide bonds. The maximum atomic E-state index is 12.4. The summed E-state index contributed by atoms with van der Waals surface area (Å²) in [7, 11) is 0. The molecule has 1 fully saturated rings. The van der Waals surface area contributed by atoms with Gasteiger partial charge in [0.25, 0.3) is 0 Å². The van der Waals surface area contributed by atoms with Gasteiger partial charge in [-0.1, -0.05) is 26.0 Å². The lowest BCUT2D eigenvalue weighted by molar-refractivity contribution is -0.138.